The van der Waals surface area contributed by atoms with Crippen LogP contribution in [0.15, 0.2) is 23.0 Å². The van der Waals surface area contributed by atoms with Crippen molar-refractivity contribution in [2.75, 3.05) is 6.54 Å². The number of aromatic nitrogens is 2. The van der Waals surface area contributed by atoms with Gasteiger partial charge in [-0.25, -0.2) is 4.98 Å². The summed E-state index contributed by atoms with van der Waals surface area (Å²) in [6.45, 7) is 6.86. The lowest BCUT2D eigenvalue weighted by Gasteiger charge is -2.28. The summed E-state index contributed by atoms with van der Waals surface area (Å²) in [5.74, 6) is 1.41. The highest BCUT2D eigenvalue weighted by molar-refractivity contribution is 5.31. The van der Waals surface area contributed by atoms with Gasteiger partial charge in [0.25, 0.3) is 5.56 Å². The monoisotopic (exact) mass is 309 g/mol. The Labute approximate surface area is 136 Å². The molecule has 4 nitrogen and oxygen atoms in total. The summed E-state index contributed by atoms with van der Waals surface area (Å²) in [5.41, 5.74) is 5.92. The maximum Gasteiger partial charge on any atom is 0.255 e. The molecule has 0 saturated heterocycles. The number of aryl methyl sites for hydroxylation is 2. The number of hydrogen-bond donors (Lipinski definition) is 1. The van der Waals surface area contributed by atoms with Crippen LogP contribution in [0.25, 0.3) is 0 Å². The lowest BCUT2D eigenvalue weighted by molar-refractivity contribution is 0.241. The summed E-state index contributed by atoms with van der Waals surface area (Å²) in [4.78, 5) is 22.5. The highest BCUT2D eigenvalue weighted by Gasteiger charge is 2.29. The van der Waals surface area contributed by atoms with Gasteiger partial charge in [0.2, 0.25) is 0 Å². The van der Waals surface area contributed by atoms with Gasteiger partial charge in [-0.1, -0.05) is 23.8 Å². The molecule has 0 unspecified atom stereocenters. The van der Waals surface area contributed by atoms with Gasteiger partial charge in [0.1, 0.15) is 5.82 Å². The number of benzene rings is 1. The van der Waals surface area contributed by atoms with Crippen molar-refractivity contribution < 1.29 is 0 Å². The molecular weight excluding hydrogens is 286 g/mol. The lowest BCUT2D eigenvalue weighted by Crippen LogP contribution is -2.35. The lowest BCUT2D eigenvalue weighted by atomic mass is 10.0. The van der Waals surface area contributed by atoms with Crippen molar-refractivity contribution in [3.63, 3.8) is 0 Å². The van der Waals surface area contributed by atoms with Crippen LogP contribution in [-0.2, 0) is 19.5 Å². The first-order valence-electron chi connectivity index (χ1n) is 8.50. The maximum absolute atomic E-state index is 12.4. The molecule has 0 amide bonds. The third kappa shape index (κ3) is 2.95. The van der Waals surface area contributed by atoms with E-state index in [1.165, 1.54) is 29.5 Å². The van der Waals surface area contributed by atoms with Crippen LogP contribution < -0.4 is 5.56 Å². The van der Waals surface area contributed by atoms with E-state index in [-0.39, 0.29) is 5.56 Å². The molecule has 1 aromatic heterocycles. The highest BCUT2D eigenvalue weighted by atomic mass is 16.1. The van der Waals surface area contributed by atoms with Crippen LogP contribution in [0.1, 0.15) is 52.5 Å². The Bertz CT molecular complexity index is 805. The number of H-pyrrole nitrogens is 1. The number of nitrogens with one attached hydrogen (secondary N) is 1. The Morgan fingerprint density at radius 2 is 2.13 bits per heavy atom. The average Bonchev–Trinajstić information content (AvgIpc) is 3.35. The standard InChI is InChI=1S/C19H23N3O/c1-12-3-4-15(13(2)9-12)10-22-8-7-17-16(11-22)19(23)21-18(20-17)14-5-6-14/h3-4,9,14H,5-8,10-11H2,1-2H3,(H,20,21,23). The summed E-state index contributed by atoms with van der Waals surface area (Å²) in [6.07, 6.45) is 3.21. The Hall–Kier alpha value is -1.94. The highest BCUT2D eigenvalue weighted by Crippen LogP contribution is 2.37. The largest absolute Gasteiger partial charge is 0.310 e. The van der Waals surface area contributed by atoms with Gasteiger partial charge in [-0.05, 0) is 37.8 Å². The van der Waals surface area contributed by atoms with Crippen molar-refractivity contribution in [2.24, 2.45) is 0 Å². The minimum Gasteiger partial charge on any atom is -0.310 e. The molecule has 4 heteroatoms. The molecule has 2 aromatic rings. The van der Waals surface area contributed by atoms with Gasteiger partial charge >= 0.3 is 0 Å². The molecule has 0 bridgehead atoms. The second kappa shape index (κ2) is 5.60. The van der Waals surface area contributed by atoms with Crippen LogP contribution in [0.3, 0.4) is 0 Å². The first-order valence-corrected chi connectivity index (χ1v) is 8.50. The molecule has 2 heterocycles. The first-order chi connectivity index (χ1) is 11.1. The third-order valence-electron chi connectivity index (χ3n) is 5.02. The van der Waals surface area contributed by atoms with Crippen LogP contribution in [0.4, 0.5) is 0 Å². The van der Waals surface area contributed by atoms with Crippen molar-refractivity contribution in [2.45, 2.75) is 52.1 Å². The number of fused-ring (bicyclic) bond motifs is 1. The second-order valence-corrected chi connectivity index (χ2v) is 7.04. The minimum atomic E-state index is 0.0715. The van der Waals surface area contributed by atoms with Crippen LogP contribution >= 0.6 is 0 Å². The molecule has 1 saturated carbocycles. The minimum absolute atomic E-state index is 0.0715. The average molecular weight is 309 g/mol. The fraction of sp³-hybridized carbons (Fsp3) is 0.474. The predicted molar refractivity (Wildman–Crippen MR) is 90.6 cm³/mol. The van der Waals surface area contributed by atoms with Crippen molar-refractivity contribution in [1.82, 2.24) is 14.9 Å². The molecule has 4 rings (SSSR count). The zero-order chi connectivity index (χ0) is 16.0. The van der Waals surface area contributed by atoms with Gasteiger partial charge in [-0.3, -0.25) is 9.69 Å². The smallest absolute Gasteiger partial charge is 0.255 e. The summed E-state index contributed by atoms with van der Waals surface area (Å²) in [6, 6.07) is 6.60. The molecule has 23 heavy (non-hydrogen) atoms. The zero-order valence-corrected chi connectivity index (χ0v) is 13.9. The fourth-order valence-electron chi connectivity index (χ4n) is 3.45. The maximum atomic E-state index is 12.4. The topological polar surface area (TPSA) is 49.0 Å². The predicted octanol–water partition coefficient (Wildman–Crippen LogP) is 2.82. The van der Waals surface area contributed by atoms with Crippen LogP contribution in [0, 0.1) is 13.8 Å². The molecule has 0 atom stereocenters. The van der Waals surface area contributed by atoms with Crippen molar-refractivity contribution in [3.8, 4) is 0 Å². The number of aromatic amines is 1. The van der Waals surface area contributed by atoms with Gasteiger partial charge < -0.3 is 4.98 Å². The van der Waals surface area contributed by atoms with Gasteiger partial charge in [-0.2, -0.15) is 0 Å². The van der Waals surface area contributed by atoms with E-state index in [1.54, 1.807) is 0 Å². The van der Waals surface area contributed by atoms with E-state index in [1.807, 2.05) is 0 Å². The Balaban J connectivity index is 1.55. The van der Waals surface area contributed by atoms with Crippen molar-refractivity contribution in [1.29, 1.82) is 0 Å². The fourth-order valence-corrected chi connectivity index (χ4v) is 3.45. The Morgan fingerprint density at radius 1 is 1.30 bits per heavy atom. The summed E-state index contributed by atoms with van der Waals surface area (Å²) >= 11 is 0. The second-order valence-electron chi connectivity index (χ2n) is 7.04. The van der Waals surface area contributed by atoms with Crippen LogP contribution in [-0.4, -0.2) is 21.4 Å². The Kier molecular flexibility index (Phi) is 3.57. The van der Waals surface area contributed by atoms with E-state index in [4.69, 9.17) is 4.98 Å². The third-order valence-corrected chi connectivity index (χ3v) is 5.02. The summed E-state index contributed by atoms with van der Waals surface area (Å²) < 4.78 is 0. The number of nitrogens with zero attached hydrogens (tertiary/aromatic N) is 2. The Morgan fingerprint density at radius 3 is 2.87 bits per heavy atom. The quantitative estimate of drug-likeness (QED) is 0.948. The summed E-state index contributed by atoms with van der Waals surface area (Å²) in [5, 5.41) is 0. The number of rotatable bonds is 3. The van der Waals surface area contributed by atoms with E-state index in [2.05, 4.69) is 41.9 Å². The molecule has 120 valence electrons. The summed E-state index contributed by atoms with van der Waals surface area (Å²) in [7, 11) is 0. The van der Waals surface area contributed by atoms with Crippen molar-refractivity contribution >= 4 is 0 Å². The van der Waals surface area contributed by atoms with Gasteiger partial charge in [0.05, 0.1) is 11.3 Å². The SMILES string of the molecule is Cc1ccc(CN2CCc3nc(C4CC4)[nH]c(=O)c3C2)c(C)c1. The molecular formula is C19H23N3O. The van der Waals surface area contributed by atoms with E-state index in [0.717, 1.165) is 36.6 Å². The van der Waals surface area contributed by atoms with E-state index < -0.39 is 0 Å². The normalized spacial score (nSPS) is 18.0. The molecule has 0 radical (unpaired) electrons. The van der Waals surface area contributed by atoms with Gasteiger partial charge in [0.15, 0.2) is 0 Å². The van der Waals surface area contributed by atoms with Crippen LogP contribution in [0.2, 0.25) is 0 Å². The van der Waals surface area contributed by atoms with Crippen molar-refractivity contribution in [3.05, 3.63) is 62.3 Å². The zero-order valence-electron chi connectivity index (χ0n) is 13.9. The van der Waals surface area contributed by atoms with E-state index in [0.29, 0.717) is 12.5 Å². The van der Waals surface area contributed by atoms with Crippen LogP contribution in [0.5, 0.6) is 0 Å². The van der Waals surface area contributed by atoms with E-state index >= 15 is 0 Å². The molecule has 1 aromatic carbocycles. The molecule has 1 N–H and O–H groups in total. The molecule has 0 spiro atoms. The molecule has 2 aliphatic rings. The van der Waals surface area contributed by atoms with Gasteiger partial charge in [0, 0.05) is 32.0 Å². The molecule has 1 fully saturated rings. The van der Waals surface area contributed by atoms with E-state index in [9.17, 15) is 4.79 Å². The first kappa shape index (κ1) is 14.6. The van der Waals surface area contributed by atoms with Gasteiger partial charge in [-0.15, -0.1) is 0 Å². The molecule has 1 aliphatic carbocycles. The molecule has 1 aliphatic heterocycles. The number of hydrogen-bond acceptors (Lipinski definition) is 3.